The summed E-state index contributed by atoms with van der Waals surface area (Å²) in [4.78, 5) is 68.8. The maximum atomic E-state index is 15.6. The third-order valence-corrected chi connectivity index (χ3v) is 21.8. The minimum absolute atomic E-state index is 0.0475. The summed E-state index contributed by atoms with van der Waals surface area (Å²) in [7, 11) is 1.26. The van der Waals surface area contributed by atoms with Gasteiger partial charge >= 0.3 is 18.0 Å². The van der Waals surface area contributed by atoms with E-state index in [2.05, 4.69) is 25.2 Å². The number of carbonyl (C=O) groups excluding carboxylic acids is 5. The first-order valence-electron chi connectivity index (χ1n) is 33.7. The predicted molar refractivity (Wildman–Crippen MR) is 332 cm³/mol. The lowest BCUT2D eigenvalue weighted by atomic mass is 9.49. The first-order valence-corrected chi connectivity index (χ1v) is 33.7. The van der Waals surface area contributed by atoms with Crippen LogP contribution in [-0.4, -0.2) is 192 Å². The Morgan fingerprint density at radius 1 is 0.710 bits per heavy atom. The Morgan fingerprint density at radius 2 is 1.34 bits per heavy atom. The van der Waals surface area contributed by atoms with Crippen LogP contribution in [0.5, 0.6) is 0 Å². The summed E-state index contributed by atoms with van der Waals surface area (Å²) < 4.78 is 82.6. The van der Waals surface area contributed by atoms with Gasteiger partial charge in [0.05, 0.1) is 92.1 Å². The number of aldehydes is 1. The number of esters is 2. The van der Waals surface area contributed by atoms with E-state index in [4.69, 9.17) is 67.3 Å². The summed E-state index contributed by atoms with van der Waals surface area (Å²) >= 11 is 0. The number of aliphatic hydroxyl groups is 4. The molecule has 7 fully saturated rings. The van der Waals surface area contributed by atoms with Crippen molar-refractivity contribution in [3.05, 3.63) is 58.4 Å². The van der Waals surface area contributed by atoms with E-state index in [1.165, 1.54) is 13.2 Å². The molecule has 4 aliphatic carbocycles. The molecule has 1 spiro atoms. The SMILES string of the molecule is COC(=O)N[C@H]1[C@@H](C)O[C@@H](O[C@H]2C/C=C(\C)[C@@H]3C=C[C@@H]4[C@@H](O[C@@H]5C[C@@H](O[C@H]6CC[C@@H](O[C@@H]7C[C@@H](O)[C@@H](O[C@H]8CC[C@@H](O)[C@H](C)O8)[C@H](C)O7)[C@H](C)O6)[C@@H](OC(=O)C(C)C)[C@H](C)O5)[C@@H](C)C[C@H](C)[C@H]4[C@]3(C)C(O)=C3C(=O)O[C@]4(CC(C=O)=C[C@H](O)[C@H]4/C=C/2C)C3=O)C[C@]1(C)N. The number of rotatable bonds is 14. The summed E-state index contributed by atoms with van der Waals surface area (Å²) in [6.07, 6.45) is -1.73. The van der Waals surface area contributed by atoms with Crippen LogP contribution < -0.4 is 11.1 Å². The number of hydrogen-bond acceptors (Lipinski definition) is 23. The molecule has 24 heteroatoms. The van der Waals surface area contributed by atoms with E-state index >= 15 is 4.79 Å². The van der Waals surface area contributed by atoms with Crippen molar-refractivity contribution in [3.63, 3.8) is 0 Å². The van der Waals surface area contributed by atoms with Gasteiger partial charge in [-0.25, -0.2) is 9.59 Å². The number of ketones is 1. The molecule has 1 saturated carbocycles. The lowest BCUT2D eigenvalue weighted by Crippen LogP contribution is -2.66. The minimum Gasteiger partial charge on any atom is -0.511 e. The average Bonchev–Trinajstić information content (AvgIpc) is 1.69. The molecule has 7 N–H and O–H groups in total. The van der Waals surface area contributed by atoms with Gasteiger partial charge in [-0.05, 0) is 116 Å². The van der Waals surface area contributed by atoms with Crippen LogP contribution in [0.4, 0.5) is 4.79 Å². The first kappa shape index (κ1) is 71.3. The van der Waals surface area contributed by atoms with Gasteiger partial charge in [0, 0.05) is 61.3 Å². The fourth-order valence-corrected chi connectivity index (χ4v) is 16.9. The molecule has 10 rings (SSSR count). The van der Waals surface area contributed by atoms with Crippen molar-refractivity contribution < 1.29 is 106 Å². The maximum absolute atomic E-state index is 15.6. The number of fused-ring (bicyclic) bond motifs is 4. The molecule has 0 aromatic rings. The number of carbonyl (C=O) groups is 5. The number of amides is 1. The van der Waals surface area contributed by atoms with Crippen LogP contribution in [0, 0.1) is 46.8 Å². The highest BCUT2D eigenvalue weighted by Gasteiger charge is 2.65. The third kappa shape index (κ3) is 14.4. The number of Topliss-reactive ketones (excluding diaryl/α,β-unsaturated/α-hetero) is 1. The zero-order valence-corrected chi connectivity index (χ0v) is 56.3. The van der Waals surface area contributed by atoms with E-state index in [-0.39, 0.29) is 49.5 Å². The van der Waals surface area contributed by atoms with Crippen molar-refractivity contribution >= 4 is 30.1 Å². The second kappa shape index (κ2) is 28.5. The molecule has 93 heavy (non-hydrogen) atoms. The molecule has 6 heterocycles. The lowest BCUT2D eigenvalue weighted by Gasteiger charge is -2.56. The number of methoxy groups -OCH3 is 1. The zero-order valence-electron chi connectivity index (χ0n) is 56.3. The summed E-state index contributed by atoms with van der Waals surface area (Å²) in [5, 5.41) is 49.5. The summed E-state index contributed by atoms with van der Waals surface area (Å²) in [6.45, 7) is 24.2. The molecule has 0 radical (unpaired) electrons. The Morgan fingerprint density at radius 3 is 2.00 bits per heavy atom. The monoisotopic (exact) mass is 1310 g/mol. The first-order chi connectivity index (χ1) is 43.9. The van der Waals surface area contributed by atoms with Crippen LogP contribution >= 0.6 is 0 Å². The van der Waals surface area contributed by atoms with Gasteiger partial charge in [0.25, 0.3) is 0 Å². The van der Waals surface area contributed by atoms with E-state index in [0.29, 0.717) is 44.0 Å². The highest BCUT2D eigenvalue weighted by Crippen LogP contribution is 2.61. The quantitative estimate of drug-likeness (QED) is 0.0347. The summed E-state index contributed by atoms with van der Waals surface area (Å²) in [5.74, 6) is -6.32. The van der Waals surface area contributed by atoms with Gasteiger partial charge in [-0.15, -0.1) is 0 Å². The molecule has 0 aromatic carbocycles. The van der Waals surface area contributed by atoms with Crippen molar-refractivity contribution in [3.8, 4) is 0 Å². The van der Waals surface area contributed by atoms with Gasteiger partial charge < -0.3 is 93.1 Å². The van der Waals surface area contributed by atoms with Gasteiger partial charge in [0.2, 0.25) is 5.78 Å². The Hall–Kier alpha value is -4.51. The summed E-state index contributed by atoms with van der Waals surface area (Å²) in [5.41, 5.74) is 3.19. The minimum atomic E-state index is -2.13. The van der Waals surface area contributed by atoms with Gasteiger partial charge in [-0.3, -0.25) is 14.4 Å². The van der Waals surface area contributed by atoms with Crippen molar-refractivity contribution in [1.29, 1.82) is 0 Å². The van der Waals surface area contributed by atoms with Gasteiger partial charge in [0.1, 0.15) is 29.8 Å². The van der Waals surface area contributed by atoms with Crippen molar-refractivity contribution in [2.45, 2.75) is 288 Å². The number of aliphatic hydroxyl groups excluding tert-OH is 4. The fourth-order valence-electron chi connectivity index (χ4n) is 16.9. The smallest absolute Gasteiger partial charge is 0.407 e. The number of alkyl carbamates (subject to hydrolysis) is 1. The predicted octanol–water partition coefficient (Wildman–Crippen LogP) is 6.68. The van der Waals surface area contributed by atoms with Crippen LogP contribution in [0.15, 0.2) is 58.4 Å². The number of nitrogens with two attached hydrogens (primary N) is 1. The molecule has 1 amide bonds. The Bertz CT molecular complexity index is 2900. The number of nitrogens with one attached hydrogen (secondary N) is 1. The summed E-state index contributed by atoms with van der Waals surface area (Å²) in [6, 6.07) is -0.639. The van der Waals surface area contributed by atoms with Crippen LogP contribution in [0.3, 0.4) is 0 Å². The molecule has 520 valence electrons. The average molecular weight is 1310 g/mol. The molecule has 0 aromatic heterocycles. The highest BCUT2D eigenvalue weighted by molar-refractivity contribution is 6.26. The van der Waals surface area contributed by atoms with Crippen LogP contribution in [0.1, 0.15) is 154 Å². The third-order valence-electron chi connectivity index (χ3n) is 21.8. The highest BCUT2D eigenvalue weighted by atomic mass is 16.8. The second-order valence-electron chi connectivity index (χ2n) is 29.1. The normalized spacial score (nSPS) is 47.5. The Labute approximate surface area is 545 Å². The van der Waals surface area contributed by atoms with Crippen LogP contribution in [0.25, 0.3) is 0 Å². The van der Waals surface area contributed by atoms with Gasteiger partial charge in [0.15, 0.2) is 43.2 Å². The van der Waals surface area contributed by atoms with E-state index in [0.717, 1.165) is 5.57 Å². The Balaban J connectivity index is 0.906. The Kier molecular flexibility index (Phi) is 21.9. The second-order valence-corrected chi connectivity index (χ2v) is 29.1. The molecule has 29 atom stereocenters. The fraction of sp³-hybridized carbons (Fsp3) is 0.783. The molecule has 24 nitrogen and oxygen atoms in total. The van der Waals surface area contributed by atoms with E-state index in [1.807, 2.05) is 46.8 Å². The van der Waals surface area contributed by atoms with E-state index in [9.17, 15) is 39.6 Å². The molecular weight excluding hydrogens is 1210 g/mol. The van der Waals surface area contributed by atoms with Gasteiger partial charge in [-0.2, -0.15) is 0 Å². The van der Waals surface area contributed by atoms with Crippen LogP contribution in [-0.2, 0) is 80.8 Å². The molecular formula is C69H102N2O22. The molecule has 10 aliphatic rings. The zero-order chi connectivity index (χ0) is 67.5. The van der Waals surface area contributed by atoms with Crippen molar-refractivity contribution in [2.75, 3.05) is 7.11 Å². The van der Waals surface area contributed by atoms with E-state index < -0.39 is 204 Å². The molecule has 6 aliphatic heterocycles. The van der Waals surface area contributed by atoms with Gasteiger partial charge in [-0.1, -0.05) is 64.5 Å². The molecule has 2 bridgehead atoms. The molecule has 0 unspecified atom stereocenters. The topological polar surface area (TPSA) is 324 Å². The standard InChI is InChI=1S/C69H102N2O22/c1-31(2)64(78)92-60-39(10)85-54(27-50(60)89-51-22-20-49(37(8)83-51)88-53-26-47(75)59(38(9)84-53)90-52-21-18-45(73)36(7)82-52)91-58-35(6)23-34(5)57-42(58)16-17-43-32(3)15-19-48(87-55-29-67(12,70)61(40(11)86-55)71-66(80)81-14)33(4)24-44-46(74)25-41(30-72)28-69(44)63(77)56(65(79)93-69)62(76)68(43,57)13/h15-17,24-25,30-31,34-40,42-55,57-61,73-76H,18-23,26-29,70H2,1-14H3,(H,71,80)/b32-15+,33-24+,62-56?/t34-,35-,36-,37-,38-,39-,40+,42-,43-,44+,45+,46-,47+,48-,49+,50+,51-,52-,53+,54+,55-,57+,58-,59-,60-,61-,67-,68+,69-/m0/s1. The van der Waals surface area contributed by atoms with E-state index in [1.54, 1.807) is 47.6 Å². The lowest BCUT2D eigenvalue weighted by molar-refractivity contribution is -0.331. The number of allylic oxidation sites excluding steroid dienone is 3. The molecule has 6 saturated heterocycles. The largest absolute Gasteiger partial charge is 0.511 e. The maximum Gasteiger partial charge on any atom is 0.407 e. The van der Waals surface area contributed by atoms with Crippen LogP contribution in [0.2, 0.25) is 0 Å². The number of ether oxygens (including phenoxy) is 13. The van der Waals surface area contributed by atoms with Crippen molar-refractivity contribution in [2.24, 2.45) is 52.6 Å². The number of hydrogen-bond donors (Lipinski definition) is 6. The van der Waals surface area contributed by atoms with Crippen molar-refractivity contribution in [1.82, 2.24) is 5.32 Å².